The first-order chi connectivity index (χ1) is 7.75. The van der Waals surface area contributed by atoms with Crippen molar-refractivity contribution in [3.05, 3.63) is 29.6 Å². The van der Waals surface area contributed by atoms with Crippen molar-refractivity contribution in [2.45, 2.75) is 32.4 Å². The minimum Gasteiger partial charge on any atom is -0.313 e. The number of likely N-dealkylation sites (N-methyl/N-ethyl adjacent to an activating group) is 1. The Kier molecular flexibility index (Phi) is 3.91. The van der Waals surface area contributed by atoms with Gasteiger partial charge in [0.15, 0.2) is 0 Å². The molecule has 0 bridgehead atoms. The van der Waals surface area contributed by atoms with Crippen molar-refractivity contribution in [2.75, 3.05) is 20.1 Å². The van der Waals surface area contributed by atoms with Crippen LogP contribution in [0.4, 0.5) is 0 Å². The molecule has 16 heavy (non-hydrogen) atoms. The molecule has 0 aromatic carbocycles. The summed E-state index contributed by atoms with van der Waals surface area (Å²) in [7, 11) is 2.17. The third-order valence-corrected chi connectivity index (χ3v) is 3.06. The molecule has 0 saturated heterocycles. The summed E-state index contributed by atoms with van der Waals surface area (Å²) >= 11 is 0. The summed E-state index contributed by atoms with van der Waals surface area (Å²) in [6.07, 6.45) is 4.59. The minimum absolute atomic E-state index is 0.813. The van der Waals surface area contributed by atoms with Gasteiger partial charge in [0, 0.05) is 37.6 Å². The highest BCUT2D eigenvalue weighted by Gasteiger charge is 2.19. The zero-order valence-electron chi connectivity index (χ0n) is 10.2. The van der Waals surface area contributed by atoms with E-state index >= 15 is 0 Å². The number of hydrogen-bond acceptors (Lipinski definition) is 3. The maximum absolute atomic E-state index is 4.31. The van der Waals surface area contributed by atoms with Crippen molar-refractivity contribution in [3.8, 4) is 0 Å². The molecule has 88 valence electrons. The van der Waals surface area contributed by atoms with Gasteiger partial charge in [-0.3, -0.25) is 4.98 Å². The fourth-order valence-electron chi connectivity index (χ4n) is 1.80. The lowest BCUT2D eigenvalue weighted by atomic mass is 10.2. The van der Waals surface area contributed by atoms with Gasteiger partial charge in [-0.15, -0.1) is 0 Å². The predicted molar refractivity (Wildman–Crippen MR) is 66.3 cm³/mol. The second kappa shape index (κ2) is 5.41. The lowest BCUT2D eigenvalue weighted by molar-refractivity contribution is 0.323. The van der Waals surface area contributed by atoms with E-state index in [4.69, 9.17) is 0 Å². The van der Waals surface area contributed by atoms with Crippen LogP contribution in [0.25, 0.3) is 0 Å². The number of nitrogens with zero attached hydrogens (tertiary/aromatic N) is 2. The van der Waals surface area contributed by atoms with Crippen molar-refractivity contribution in [1.82, 2.24) is 15.2 Å². The van der Waals surface area contributed by atoms with Crippen LogP contribution in [0.2, 0.25) is 0 Å². The summed E-state index contributed by atoms with van der Waals surface area (Å²) in [6.45, 7) is 5.27. The highest BCUT2D eigenvalue weighted by Crippen LogP contribution is 2.18. The van der Waals surface area contributed by atoms with E-state index in [9.17, 15) is 0 Å². The molecule has 1 saturated carbocycles. The largest absolute Gasteiger partial charge is 0.313 e. The normalized spacial score (nSPS) is 15.7. The first-order valence-corrected chi connectivity index (χ1v) is 6.08. The van der Waals surface area contributed by atoms with Crippen molar-refractivity contribution >= 4 is 0 Å². The zero-order valence-corrected chi connectivity index (χ0v) is 10.2. The van der Waals surface area contributed by atoms with E-state index in [2.05, 4.69) is 35.2 Å². The zero-order chi connectivity index (χ0) is 11.4. The van der Waals surface area contributed by atoms with Crippen LogP contribution in [0.1, 0.15) is 24.1 Å². The lowest BCUT2D eigenvalue weighted by Gasteiger charge is -2.17. The van der Waals surface area contributed by atoms with E-state index in [0.29, 0.717) is 0 Å². The fourth-order valence-corrected chi connectivity index (χ4v) is 1.80. The van der Waals surface area contributed by atoms with Gasteiger partial charge < -0.3 is 10.2 Å². The van der Waals surface area contributed by atoms with E-state index in [1.54, 1.807) is 0 Å². The molecule has 0 aliphatic heterocycles. The molecule has 2 rings (SSSR count). The highest BCUT2D eigenvalue weighted by molar-refractivity contribution is 5.17. The van der Waals surface area contributed by atoms with Crippen molar-refractivity contribution in [3.63, 3.8) is 0 Å². The van der Waals surface area contributed by atoms with Crippen molar-refractivity contribution in [1.29, 1.82) is 0 Å². The summed E-state index contributed by atoms with van der Waals surface area (Å²) in [5, 5.41) is 3.53. The van der Waals surface area contributed by atoms with E-state index in [1.807, 2.05) is 12.3 Å². The smallest absolute Gasteiger partial charge is 0.0417 e. The molecule has 3 nitrogen and oxygen atoms in total. The third-order valence-electron chi connectivity index (χ3n) is 3.06. The molecule has 1 aromatic rings. The number of aryl methyl sites for hydroxylation is 1. The van der Waals surface area contributed by atoms with Crippen molar-refractivity contribution < 1.29 is 0 Å². The Morgan fingerprint density at radius 2 is 2.31 bits per heavy atom. The standard InChI is InChI=1S/C13H21N3/c1-11-12(4-3-7-14-11)10-16(2)9-8-15-13-5-6-13/h3-4,7,13,15H,5-6,8-10H2,1-2H3. The van der Waals surface area contributed by atoms with E-state index in [0.717, 1.165) is 31.4 Å². The molecule has 0 spiro atoms. The second-order valence-electron chi connectivity index (χ2n) is 4.71. The highest BCUT2D eigenvalue weighted by atomic mass is 15.1. The molecule has 0 amide bonds. The number of aromatic nitrogens is 1. The minimum atomic E-state index is 0.813. The van der Waals surface area contributed by atoms with Crippen LogP contribution in [-0.2, 0) is 6.54 Å². The first kappa shape index (κ1) is 11.6. The van der Waals surface area contributed by atoms with Crippen LogP contribution >= 0.6 is 0 Å². The van der Waals surface area contributed by atoms with E-state index in [1.165, 1.54) is 18.4 Å². The summed E-state index contributed by atoms with van der Waals surface area (Å²) in [5.41, 5.74) is 2.47. The number of pyridine rings is 1. The van der Waals surface area contributed by atoms with Gasteiger partial charge in [-0.1, -0.05) is 6.07 Å². The van der Waals surface area contributed by atoms with E-state index < -0.39 is 0 Å². The molecule has 3 heteroatoms. The van der Waals surface area contributed by atoms with Crippen LogP contribution < -0.4 is 5.32 Å². The summed E-state index contributed by atoms with van der Waals surface area (Å²) in [6, 6.07) is 4.99. The molecule has 0 unspecified atom stereocenters. The Balaban J connectivity index is 1.73. The Hall–Kier alpha value is -0.930. The van der Waals surface area contributed by atoms with Gasteiger partial charge in [-0.25, -0.2) is 0 Å². The molecular formula is C13H21N3. The van der Waals surface area contributed by atoms with Gasteiger partial charge in [0.25, 0.3) is 0 Å². The van der Waals surface area contributed by atoms with E-state index in [-0.39, 0.29) is 0 Å². The SMILES string of the molecule is Cc1ncccc1CN(C)CCNC1CC1. The summed E-state index contributed by atoms with van der Waals surface area (Å²) in [4.78, 5) is 6.66. The number of hydrogen-bond donors (Lipinski definition) is 1. The Morgan fingerprint density at radius 1 is 1.50 bits per heavy atom. The Labute approximate surface area is 97.9 Å². The van der Waals surface area contributed by atoms with Gasteiger partial charge in [0.05, 0.1) is 0 Å². The van der Waals surface area contributed by atoms with Crippen LogP contribution in [0, 0.1) is 6.92 Å². The van der Waals surface area contributed by atoms with Crippen LogP contribution in [0.15, 0.2) is 18.3 Å². The Morgan fingerprint density at radius 3 is 3.00 bits per heavy atom. The molecule has 1 heterocycles. The monoisotopic (exact) mass is 219 g/mol. The van der Waals surface area contributed by atoms with Crippen molar-refractivity contribution in [2.24, 2.45) is 0 Å². The lowest BCUT2D eigenvalue weighted by Crippen LogP contribution is -2.30. The first-order valence-electron chi connectivity index (χ1n) is 6.08. The molecule has 1 aliphatic carbocycles. The van der Waals surface area contributed by atoms with Gasteiger partial charge in [-0.2, -0.15) is 0 Å². The topological polar surface area (TPSA) is 28.2 Å². The fraction of sp³-hybridized carbons (Fsp3) is 0.615. The van der Waals surface area contributed by atoms with Gasteiger partial charge in [0.2, 0.25) is 0 Å². The second-order valence-corrected chi connectivity index (χ2v) is 4.71. The summed E-state index contributed by atoms with van der Waals surface area (Å²) in [5.74, 6) is 0. The molecule has 1 fully saturated rings. The average molecular weight is 219 g/mol. The van der Waals surface area contributed by atoms with Gasteiger partial charge in [-0.05, 0) is 38.4 Å². The molecule has 1 N–H and O–H groups in total. The number of rotatable bonds is 6. The van der Waals surface area contributed by atoms with Gasteiger partial charge >= 0.3 is 0 Å². The molecule has 0 atom stereocenters. The maximum atomic E-state index is 4.31. The molecule has 0 radical (unpaired) electrons. The predicted octanol–water partition coefficient (Wildman–Crippen LogP) is 1.57. The van der Waals surface area contributed by atoms with Gasteiger partial charge in [0.1, 0.15) is 0 Å². The number of nitrogens with one attached hydrogen (secondary N) is 1. The molecular weight excluding hydrogens is 198 g/mol. The molecule has 1 aliphatic rings. The summed E-state index contributed by atoms with van der Waals surface area (Å²) < 4.78 is 0. The Bertz CT molecular complexity index is 334. The van der Waals surface area contributed by atoms with Crippen LogP contribution in [0.5, 0.6) is 0 Å². The van der Waals surface area contributed by atoms with Crippen LogP contribution in [-0.4, -0.2) is 36.1 Å². The third kappa shape index (κ3) is 3.58. The quantitative estimate of drug-likeness (QED) is 0.787. The molecule has 1 aromatic heterocycles. The van der Waals surface area contributed by atoms with Crippen LogP contribution in [0.3, 0.4) is 0 Å². The average Bonchev–Trinajstić information content (AvgIpc) is 3.05. The maximum Gasteiger partial charge on any atom is 0.0417 e.